The quantitative estimate of drug-likeness (QED) is 0.856. The van der Waals surface area contributed by atoms with Gasteiger partial charge in [-0.05, 0) is 29.8 Å². The van der Waals surface area contributed by atoms with Crippen molar-refractivity contribution in [3.63, 3.8) is 0 Å². The van der Waals surface area contributed by atoms with Crippen LogP contribution in [0.2, 0.25) is 5.02 Å². The molecule has 4 nitrogen and oxygen atoms in total. The summed E-state index contributed by atoms with van der Waals surface area (Å²) in [5.74, 6) is -0.681. The Hall–Kier alpha value is -2.34. The minimum atomic E-state index is -3.78. The van der Waals surface area contributed by atoms with Crippen molar-refractivity contribution in [1.29, 1.82) is 10.5 Å². The van der Waals surface area contributed by atoms with Gasteiger partial charge in [0.05, 0.1) is 17.0 Å². The van der Waals surface area contributed by atoms with Crippen LogP contribution in [0.1, 0.15) is 11.5 Å². The van der Waals surface area contributed by atoms with E-state index in [4.69, 9.17) is 11.6 Å². The molecule has 0 aromatic heterocycles. The van der Waals surface area contributed by atoms with Gasteiger partial charge < -0.3 is 0 Å². The molecule has 0 amide bonds. The van der Waals surface area contributed by atoms with Crippen LogP contribution in [0.5, 0.6) is 0 Å². The van der Waals surface area contributed by atoms with Crippen molar-refractivity contribution < 1.29 is 8.42 Å². The molecule has 2 aromatic carbocycles. The number of hydrogen-bond acceptors (Lipinski definition) is 4. The van der Waals surface area contributed by atoms with E-state index in [-0.39, 0.29) is 4.90 Å². The number of nitriles is 2. The van der Waals surface area contributed by atoms with E-state index in [1.54, 1.807) is 42.5 Å². The molecular formula is C17H11ClN2O2S. The van der Waals surface area contributed by atoms with Crippen molar-refractivity contribution in [3.05, 3.63) is 65.2 Å². The summed E-state index contributed by atoms with van der Waals surface area (Å²) in [7, 11) is -3.78. The first kappa shape index (κ1) is 15.6. The molecule has 0 saturated heterocycles. The molecular weight excluding hydrogens is 332 g/mol. The highest BCUT2D eigenvalue weighted by atomic mass is 35.5. The smallest absolute Gasteiger partial charge is 0.184 e. The van der Waals surface area contributed by atoms with Gasteiger partial charge >= 0.3 is 0 Å². The van der Waals surface area contributed by atoms with E-state index in [0.29, 0.717) is 10.6 Å². The first-order valence-corrected chi connectivity index (χ1v) is 8.77. The molecule has 0 aliphatic heterocycles. The van der Waals surface area contributed by atoms with Crippen molar-refractivity contribution in [2.45, 2.75) is 16.1 Å². The SMILES string of the molecule is N#CC1(C#N)[C@H](c2ccc(Cl)cc2)[C@H]1S(=O)(=O)c1ccccc1. The van der Waals surface area contributed by atoms with Gasteiger partial charge in [-0.25, -0.2) is 8.42 Å². The Morgan fingerprint density at radius 1 is 0.957 bits per heavy atom. The van der Waals surface area contributed by atoms with Gasteiger partial charge in [0, 0.05) is 10.9 Å². The number of rotatable bonds is 3. The van der Waals surface area contributed by atoms with Crippen molar-refractivity contribution in [3.8, 4) is 12.1 Å². The van der Waals surface area contributed by atoms with Crippen LogP contribution in [0.3, 0.4) is 0 Å². The average molecular weight is 343 g/mol. The van der Waals surface area contributed by atoms with Gasteiger partial charge in [0.15, 0.2) is 15.3 Å². The molecule has 2 atom stereocenters. The molecule has 6 heteroatoms. The Kier molecular flexibility index (Phi) is 3.64. The molecule has 2 aromatic rings. The van der Waals surface area contributed by atoms with Crippen LogP contribution in [0.4, 0.5) is 0 Å². The number of sulfone groups is 1. The summed E-state index contributed by atoms with van der Waals surface area (Å²) in [5, 5.41) is 18.4. The second-order valence-electron chi connectivity index (χ2n) is 5.40. The normalized spacial score (nSPS) is 21.9. The van der Waals surface area contributed by atoms with Crippen molar-refractivity contribution in [2.75, 3.05) is 0 Å². The highest BCUT2D eigenvalue weighted by Crippen LogP contribution is 2.63. The molecule has 0 bridgehead atoms. The average Bonchev–Trinajstić information content (AvgIpc) is 3.27. The number of halogens is 1. The van der Waals surface area contributed by atoms with Gasteiger partial charge in [-0.2, -0.15) is 10.5 Å². The second-order valence-corrected chi connectivity index (χ2v) is 7.91. The first-order valence-electron chi connectivity index (χ1n) is 6.84. The highest BCUT2D eigenvalue weighted by molar-refractivity contribution is 7.92. The van der Waals surface area contributed by atoms with E-state index >= 15 is 0 Å². The second kappa shape index (κ2) is 5.38. The Labute approximate surface area is 139 Å². The van der Waals surface area contributed by atoms with Crippen molar-refractivity contribution >= 4 is 21.4 Å². The molecule has 0 N–H and O–H groups in total. The fraction of sp³-hybridized carbons (Fsp3) is 0.176. The van der Waals surface area contributed by atoms with Gasteiger partial charge in [-0.15, -0.1) is 0 Å². The predicted molar refractivity (Wildman–Crippen MR) is 85.3 cm³/mol. The maximum absolute atomic E-state index is 12.9. The van der Waals surface area contributed by atoms with Crippen LogP contribution < -0.4 is 0 Å². The van der Waals surface area contributed by atoms with E-state index in [9.17, 15) is 18.9 Å². The van der Waals surface area contributed by atoms with Crippen LogP contribution in [0.15, 0.2) is 59.5 Å². The van der Waals surface area contributed by atoms with Gasteiger partial charge in [-0.3, -0.25) is 0 Å². The lowest BCUT2D eigenvalue weighted by Gasteiger charge is -2.03. The molecule has 0 heterocycles. The third-order valence-electron chi connectivity index (χ3n) is 4.14. The largest absolute Gasteiger partial charge is 0.223 e. The van der Waals surface area contributed by atoms with Crippen molar-refractivity contribution in [2.24, 2.45) is 5.41 Å². The molecule has 1 saturated carbocycles. The number of benzene rings is 2. The zero-order valence-corrected chi connectivity index (χ0v) is 13.4. The molecule has 1 aliphatic rings. The topological polar surface area (TPSA) is 81.7 Å². The zero-order chi connectivity index (χ0) is 16.7. The Balaban J connectivity index is 2.10. The van der Waals surface area contributed by atoms with Gasteiger partial charge in [-0.1, -0.05) is 41.9 Å². The highest BCUT2D eigenvalue weighted by Gasteiger charge is 2.73. The maximum atomic E-state index is 12.9. The molecule has 0 unspecified atom stereocenters. The molecule has 23 heavy (non-hydrogen) atoms. The van der Waals surface area contributed by atoms with Crippen LogP contribution in [0, 0.1) is 28.1 Å². The zero-order valence-electron chi connectivity index (χ0n) is 11.8. The summed E-state index contributed by atoms with van der Waals surface area (Å²) < 4.78 is 25.7. The summed E-state index contributed by atoms with van der Waals surface area (Å²) in [6.45, 7) is 0. The Bertz CT molecular complexity index is 911. The summed E-state index contributed by atoms with van der Waals surface area (Å²) in [5.41, 5.74) is -0.940. The standard InChI is InChI=1S/C17H11ClN2O2S/c18-13-8-6-12(7-9-13)15-16(17(15,10-19)11-20)23(21,22)14-4-2-1-3-5-14/h1-9,15-16H/t15-,16-/m1/s1. The van der Waals surface area contributed by atoms with Crippen molar-refractivity contribution in [1.82, 2.24) is 0 Å². The molecule has 1 aliphatic carbocycles. The van der Waals surface area contributed by atoms with E-state index in [1.165, 1.54) is 12.1 Å². The fourth-order valence-electron chi connectivity index (χ4n) is 2.94. The number of hydrogen-bond donors (Lipinski definition) is 0. The van der Waals surface area contributed by atoms with Gasteiger partial charge in [0.1, 0.15) is 5.25 Å². The summed E-state index contributed by atoms with van der Waals surface area (Å²) in [6.07, 6.45) is 0. The van der Waals surface area contributed by atoms with Gasteiger partial charge in [0.2, 0.25) is 0 Å². The van der Waals surface area contributed by atoms with Crippen LogP contribution in [-0.4, -0.2) is 13.7 Å². The minimum absolute atomic E-state index is 0.122. The number of nitrogens with zero attached hydrogens (tertiary/aromatic N) is 2. The van der Waals surface area contributed by atoms with Crippen LogP contribution in [0.25, 0.3) is 0 Å². The molecule has 1 fully saturated rings. The first-order chi connectivity index (χ1) is 11.0. The maximum Gasteiger partial charge on any atom is 0.184 e. The fourth-order valence-corrected chi connectivity index (χ4v) is 5.28. The van der Waals surface area contributed by atoms with E-state index in [0.717, 1.165) is 0 Å². The van der Waals surface area contributed by atoms with E-state index in [1.807, 2.05) is 12.1 Å². The third-order valence-corrected chi connectivity index (χ3v) is 6.63. The molecule has 114 valence electrons. The summed E-state index contributed by atoms with van der Waals surface area (Å²) in [4.78, 5) is 0.122. The van der Waals surface area contributed by atoms with Crippen LogP contribution >= 0.6 is 11.6 Å². The third kappa shape index (κ3) is 2.30. The minimum Gasteiger partial charge on any atom is -0.223 e. The van der Waals surface area contributed by atoms with Crippen LogP contribution in [-0.2, 0) is 9.84 Å². The Morgan fingerprint density at radius 2 is 1.52 bits per heavy atom. The summed E-state index contributed by atoms with van der Waals surface area (Å²) >= 11 is 5.85. The van der Waals surface area contributed by atoms with E-state index in [2.05, 4.69) is 0 Å². The lowest BCUT2D eigenvalue weighted by atomic mass is 10.0. The van der Waals surface area contributed by atoms with E-state index < -0.39 is 26.4 Å². The lowest BCUT2D eigenvalue weighted by molar-refractivity contribution is 0.591. The Morgan fingerprint density at radius 3 is 2.04 bits per heavy atom. The molecule has 0 radical (unpaired) electrons. The lowest BCUT2D eigenvalue weighted by Crippen LogP contribution is -2.14. The van der Waals surface area contributed by atoms with Gasteiger partial charge in [0.25, 0.3) is 0 Å². The molecule has 3 rings (SSSR count). The summed E-state index contributed by atoms with van der Waals surface area (Å²) in [6, 6.07) is 18.3. The molecule has 0 spiro atoms. The monoisotopic (exact) mass is 342 g/mol. The predicted octanol–water partition coefficient (Wildman–Crippen LogP) is 3.31.